The van der Waals surface area contributed by atoms with Crippen molar-refractivity contribution in [2.24, 2.45) is 0 Å². The van der Waals surface area contributed by atoms with Gasteiger partial charge < -0.3 is 15.0 Å². The van der Waals surface area contributed by atoms with E-state index < -0.39 is 0 Å². The molecule has 1 aromatic carbocycles. The van der Waals surface area contributed by atoms with E-state index >= 15 is 0 Å². The van der Waals surface area contributed by atoms with Crippen molar-refractivity contribution in [1.82, 2.24) is 4.90 Å². The number of anilines is 1. The number of likely N-dealkylation sites (tertiary alicyclic amines) is 1. The number of amides is 2. The van der Waals surface area contributed by atoms with Crippen molar-refractivity contribution in [2.45, 2.75) is 57.5 Å². The van der Waals surface area contributed by atoms with Gasteiger partial charge in [-0.15, -0.1) is 0 Å². The molecule has 0 spiro atoms. The van der Waals surface area contributed by atoms with Crippen LogP contribution in [-0.2, 0) is 0 Å². The van der Waals surface area contributed by atoms with Crippen LogP contribution in [0.1, 0.15) is 51.4 Å². The summed E-state index contributed by atoms with van der Waals surface area (Å²) in [5.41, 5.74) is 0.841. The van der Waals surface area contributed by atoms with Crippen LogP contribution in [0, 0.1) is 0 Å². The number of carbonyl (C=O) groups is 1. The van der Waals surface area contributed by atoms with E-state index in [1.807, 2.05) is 29.2 Å². The highest BCUT2D eigenvalue weighted by Gasteiger charge is 2.17. The van der Waals surface area contributed by atoms with E-state index in [9.17, 15) is 4.79 Å². The third-order valence-electron chi connectivity index (χ3n) is 4.60. The van der Waals surface area contributed by atoms with Gasteiger partial charge in [0.15, 0.2) is 0 Å². The molecule has 0 unspecified atom stereocenters. The van der Waals surface area contributed by atoms with E-state index in [0.717, 1.165) is 50.2 Å². The highest BCUT2D eigenvalue weighted by Crippen LogP contribution is 2.25. The summed E-state index contributed by atoms with van der Waals surface area (Å²) in [7, 11) is 0. The van der Waals surface area contributed by atoms with Crippen LogP contribution in [0.2, 0.25) is 0 Å². The zero-order valence-electron chi connectivity index (χ0n) is 13.2. The zero-order valence-corrected chi connectivity index (χ0v) is 13.2. The summed E-state index contributed by atoms with van der Waals surface area (Å²) < 4.78 is 5.94. The van der Waals surface area contributed by atoms with E-state index in [1.165, 1.54) is 25.7 Å². The molecule has 0 bridgehead atoms. The molecular formula is C18H26N2O2. The summed E-state index contributed by atoms with van der Waals surface area (Å²) in [6, 6.07) is 7.79. The normalized spacial score (nSPS) is 19.7. The van der Waals surface area contributed by atoms with Crippen LogP contribution in [0.4, 0.5) is 10.5 Å². The van der Waals surface area contributed by atoms with Gasteiger partial charge in [0.25, 0.3) is 0 Å². The van der Waals surface area contributed by atoms with E-state index in [1.54, 1.807) is 0 Å². The number of ether oxygens (including phenoxy) is 1. The van der Waals surface area contributed by atoms with Crippen LogP contribution in [0.3, 0.4) is 0 Å². The third-order valence-corrected chi connectivity index (χ3v) is 4.60. The lowest BCUT2D eigenvalue weighted by molar-refractivity contribution is 0.210. The van der Waals surface area contributed by atoms with E-state index in [-0.39, 0.29) is 6.03 Å². The molecule has 4 nitrogen and oxygen atoms in total. The Morgan fingerprint density at radius 1 is 0.955 bits per heavy atom. The van der Waals surface area contributed by atoms with Crippen LogP contribution in [0.5, 0.6) is 5.75 Å². The minimum Gasteiger partial charge on any atom is -0.490 e. The standard InChI is InChI=1S/C18H26N2O2/c21-18(20-13-5-1-2-6-14-20)19-15-9-11-17(12-10-15)22-16-7-3-4-8-16/h9-12,16H,1-8,13-14H2,(H,19,21). The second-order valence-electron chi connectivity index (χ2n) is 6.38. The third kappa shape index (κ3) is 4.15. The number of hydrogen-bond acceptors (Lipinski definition) is 2. The Labute approximate surface area is 132 Å². The summed E-state index contributed by atoms with van der Waals surface area (Å²) >= 11 is 0. The number of urea groups is 1. The summed E-state index contributed by atoms with van der Waals surface area (Å²) in [4.78, 5) is 14.2. The highest BCUT2D eigenvalue weighted by molar-refractivity contribution is 5.89. The second-order valence-corrected chi connectivity index (χ2v) is 6.38. The second kappa shape index (κ2) is 7.52. The van der Waals surface area contributed by atoms with Crippen LogP contribution in [0.25, 0.3) is 0 Å². The molecule has 2 fully saturated rings. The summed E-state index contributed by atoms with van der Waals surface area (Å²) in [5, 5.41) is 2.99. The Morgan fingerprint density at radius 3 is 2.23 bits per heavy atom. The molecule has 1 saturated heterocycles. The van der Waals surface area contributed by atoms with Crippen molar-refractivity contribution in [3.63, 3.8) is 0 Å². The molecule has 1 aliphatic heterocycles. The van der Waals surface area contributed by atoms with Crippen molar-refractivity contribution in [3.8, 4) is 5.75 Å². The SMILES string of the molecule is O=C(Nc1ccc(OC2CCCC2)cc1)N1CCCCCC1. The van der Waals surface area contributed by atoms with Gasteiger partial charge in [0.2, 0.25) is 0 Å². The predicted molar refractivity (Wildman–Crippen MR) is 88.4 cm³/mol. The average Bonchev–Trinajstić information content (AvgIpc) is 2.88. The molecular weight excluding hydrogens is 276 g/mol. The molecule has 0 radical (unpaired) electrons. The molecule has 1 N–H and O–H groups in total. The van der Waals surface area contributed by atoms with Crippen molar-refractivity contribution in [2.75, 3.05) is 18.4 Å². The topological polar surface area (TPSA) is 41.6 Å². The first-order valence-corrected chi connectivity index (χ1v) is 8.64. The van der Waals surface area contributed by atoms with Gasteiger partial charge in [0.05, 0.1) is 6.10 Å². The minimum atomic E-state index is 0.0198. The number of nitrogens with zero attached hydrogens (tertiary/aromatic N) is 1. The first-order valence-electron chi connectivity index (χ1n) is 8.64. The maximum atomic E-state index is 12.3. The van der Waals surface area contributed by atoms with Gasteiger partial charge in [-0.2, -0.15) is 0 Å². The predicted octanol–water partition coefficient (Wildman–Crippen LogP) is 4.42. The van der Waals surface area contributed by atoms with E-state index in [4.69, 9.17) is 4.74 Å². The van der Waals surface area contributed by atoms with Crippen molar-refractivity contribution < 1.29 is 9.53 Å². The average molecular weight is 302 g/mol. The smallest absolute Gasteiger partial charge is 0.321 e. The maximum Gasteiger partial charge on any atom is 0.321 e. The maximum absolute atomic E-state index is 12.3. The molecule has 1 saturated carbocycles. The molecule has 1 aromatic rings. The van der Waals surface area contributed by atoms with Gasteiger partial charge >= 0.3 is 6.03 Å². The zero-order chi connectivity index (χ0) is 15.2. The van der Waals surface area contributed by atoms with Crippen LogP contribution < -0.4 is 10.1 Å². The van der Waals surface area contributed by atoms with Crippen LogP contribution >= 0.6 is 0 Å². The van der Waals surface area contributed by atoms with Crippen LogP contribution in [0.15, 0.2) is 24.3 Å². The first kappa shape index (κ1) is 15.2. The van der Waals surface area contributed by atoms with Gasteiger partial charge in [0.1, 0.15) is 5.75 Å². The molecule has 120 valence electrons. The molecule has 4 heteroatoms. The van der Waals surface area contributed by atoms with Crippen molar-refractivity contribution >= 4 is 11.7 Å². The first-order chi connectivity index (χ1) is 10.8. The Hall–Kier alpha value is -1.71. The van der Waals surface area contributed by atoms with Crippen molar-refractivity contribution in [1.29, 1.82) is 0 Å². The van der Waals surface area contributed by atoms with Gasteiger partial charge in [-0.25, -0.2) is 4.79 Å². The lowest BCUT2D eigenvalue weighted by Gasteiger charge is -2.21. The monoisotopic (exact) mass is 302 g/mol. The van der Waals surface area contributed by atoms with E-state index in [2.05, 4.69) is 5.32 Å². The Kier molecular flexibility index (Phi) is 5.20. The molecule has 22 heavy (non-hydrogen) atoms. The van der Waals surface area contributed by atoms with Crippen LogP contribution in [-0.4, -0.2) is 30.1 Å². The Bertz CT molecular complexity index is 472. The minimum absolute atomic E-state index is 0.0198. The number of carbonyl (C=O) groups excluding carboxylic acids is 1. The lowest BCUT2D eigenvalue weighted by Crippen LogP contribution is -2.35. The quantitative estimate of drug-likeness (QED) is 0.898. The molecule has 1 heterocycles. The Morgan fingerprint density at radius 2 is 1.59 bits per heavy atom. The molecule has 2 amide bonds. The largest absolute Gasteiger partial charge is 0.490 e. The number of nitrogens with one attached hydrogen (secondary N) is 1. The lowest BCUT2D eigenvalue weighted by atomic mass is 10.2. The number of benzene rings is 1. The molecule has 1 aliphatic carbocycles. The summed E-state index contributed by atoms with van der Waals surface area (Å²) in [6.07, 6.45) is 9.93. The van der Waals surface area contributed by atoms with Gasteiger partial charge in [0, 0.05) is 18.8 Å². The highest BCUT2D eigenvalue weighted by atomic mass is 16.5. The van der Waals surface area contributed by atoms with E-state index in [0.29, 0.717) is 6.10 Å². The molecule has 0 atom stereocenters. The fourth-order valence-corrected chi connectivity index (χ4v) is 3.29. The molecule has 0 aromatic heterocycles. The molecule has 3 rings (SSSR count). The summed E-state index contributed by atoms with van der Waals surface area (Å²) in [5.74, 6) is 0.902. The van der Waals surface area contributed by atoms with Gasteiger partial charge in [-0.05, 0) is 62.8 Å². The van der Waals surface area contributed by atoms with Gasteiger partial charge in [-0.1, -0.05) is 12.8 Å². The van der Waals surface area contributed by atoms with Gasteiger partial charge in [-0.3, -0.25) is 0 Å². The molecule has 2 aliphatic rings. The fraction of sp³-hybridized carbons (Fsp3) is 0.611. The fourth-order valence-electron chi connectivity index (χ4n) is 3.29. The number of hydrogen-bond donors (Lipinski definition) is 1. The van der Waals surface area contributed by atoms with Crippen molar-refractivity contribution in [3.05, 3.63) is 24.3 Å². The Balaban J connectivity index is 1.52. The summed E-state index contributed by atoms with van der Waals surface area (Å²) in [6.45, 7) is 1.74. The number of rotatable bonds is 3.